The normalized spacial score (nSPS) is 10.7. The van der Waals surface area contributed by atoms with Crippen molar-refractivity contribution in [3.63, 3.8) is 0 Å². The Labute approximate surface area is 120 Å². The molecule has 3 rings (SSSR count). The third-order valence-electron chi connectivity index (χ3n) is 2.96. The number of halogens is 1. The van der Waals surface area contributed by atoms with Crippen LogP contribution in [0.15, 0.2) is 42.6 Å². The number of carbonyl (C=O) groups excluding carboxylic acids is 1. The number of hydrogen-bond donors (Lipinski definition) is 1. The minimum absolute atomic E-state index is 0.328. The number of benzene rings is 1. The van der Waals surface area contributed by atoms with E-state index in [1.807, 2.05) is 24.3 Å². The Morgan fingerprint density at radius 3 is 2.85 bits per heavy atom. The van der Waals surface area contributed by atoms with Crippen LogP contribution in [0.1, 0.15) is 10.5 Å². The SMILES string of the molecule is Cn1nc(C(=O)Nc2ncccc2Cl)c2ccccc21. The van der Waals surface area contributed by atoms with Crippen LogP contribution in [0.2, 0.25) is 5.02 Å². The number of amides is 1. The predicted octanol–water partition coefficient (Wildman–Crippen LogP) is 2.87. The lowest BCUT2D eigenvalue weighted by molar-refractivity contribution is 0.102. The molecule has 1 amide bonds. The first-order chi connectivity index (χ1) is 9.66. The number of nitrogens with zero attached hydrogens (tertiary/aromatic N) is 3. The maximum absolute atomic E-state index is 12.3. The Morgan fingerprint density at radius 1 is 1.25 bits per heavy atom. The fourth-order valence-corrected chi connectivity index (χ4v) is 2.19. The molecule has 100 valence electrons. The molecule has 0 aliphatic carbocycles. The number of nitrogens with one attached hydrogen (secondary N) is 1. The van der Waals surface area contributed by atoms with Crippen molar-refractivity contribution in [3.05, 3.63) is 53.3 Å². The van der Waals surface area contributed by atoms with Crippen LogP contribution in [-0.4, -0.2) is 20.7 Å². The first-order valence-corrected chi connectivity index (χ1v) is 6.38. The van der Waals surface area contributed by atoms with Crippen LogP contribution >= 0.6 is 11.6 Å². The highest BCUT2D eigenvalue weighted by Gasteiger charge is 2.16. The van der Waals surface area contributed by atoms with E-state index in [0.717, 1.165) is 10.9 Å². The number of para-hydroxylation sites is 1. The third-order valence-corrected chi connectivity index (χ3v) is 3.27. The Bertz CT molecular complexity index is 797. The fourth-order valence-electron chi connectivity index (χ4n) is 2.03. The average Bonchev–Trinajstić information content (AvgIpc) is 2.79. The Kier molecular flexibility index (Phi) is 3.12. The molecule has 3 aromatic rings. The molecule has 0 aliphatic rings. The summed E-state index contributed by atoms with van der Waals surface area (Å²) in [6.07, 6.45) is 1.57. The van der Waals surface area contributed by atoms with Crippen LogP contribution in [0.5, 0.6) is 0 Å². The van der Waals surface area contributed by atoms with Crippen LogP contribution < -0.4 is 5.32 Å². The highest BCUT2D eigenvalue weighted by atomic mass is 35.5. The lowest BCUT2D eigenvalue weighted by atomic mass is 10.2. The second-order valence-electron chi connectivity index (χ2n) is 4.28. The topological polar surface area (TPSA) is 59.8 Å². The maximum atomic E-state index is 12.3. The standard InChI is InChI=1S/C14H11ClN4O/c1-19-11-7-3-2-5-9(11)12(18-19)14(20)17-13-10(15)6-4-8-16-13/h2-8H,1H3,(H,16,17,20). The average molecular weight is 287 g/mol. The number of aryl methyl sites for hydroxylation is 1. The summed E-state index contributed by atoms with van der Waals surface area (Å²) >= 11 is 5.98. The van der Waals surface area contributed by atoms with E-state index in [2.05, 4.69) is 15.4 Å². The monoisotopic (exact) mass is 286 g/mol. The Morgan fingerprint density at radius 2 is 2.05 bits per heavy atom. The highest BCUT2D eigenvalue weighted by Crippen LogP contribution is 2.21. The molecular formula is C14H11ClN4O. The summed E-state index contributed by atoms with van der Waals surface area (Å²) < 4.78 is 1.67. The van der Waals surface area contributed by atoms with Gasteiger partial charge in [-0.15, -0.1) is 0 Å². The number of rotatable bonds is 2. The van der Waals surface area contributed by atoms with Gasteiger partial charge in [0.15, 0.2) is 11.5 Å². The van der Waals surface area contributed by atoms with E-state index in [-0.39, 0.29) is 5.91 Å². The summed E-state index contributed by atoms with van der Waals surface area (Å²) in [7, 11) is 1.80. The van der Waals surface area contributed by atoms with Gasteiger partial charge in [-0.3, -0.25) is 9.48 Å². The smallest absolute Gasteiger partial charge is 0.278 e. The molecule has 1 N–H and O–H groups in total. The van der Waals surface area contributed by atoms with Crippen LogP contribution in [-0.2, 0) is 7.05 Å². The van der Waals surface area contributed by atoms with E-state index in [9.17, 15) is 4.79 Å². The lowest BCUT2D eigenvalue weighted by Crippen LogP contribution is -2.14. The molecule has 0 atom stereocenters. The van der Waals surface area contributed by atoms with Crippen molar-refractivity contribution >= 4 is 34.2 Å². The van der Waals surface area contributed by atoms with Gasteiger partial charge in [0.1, 0.15) is 0 Å². The van der Waals surface area contributed by atoms with Gasteiger partial charge < -0.3 is 5.32 Å². The number of hydrogen-bond acceptors (Lipinski definition) is 3. The van der Waals surface area contributed by atoms with Crippen molar-refractivity contribution in [2.75, 3.05) is 5.32 Å². The van der Waals surface area contributed by atoms with Gasteiger partial charge in [-0.1, -0.05) is 29.8 Å². The maximum Gasteiger partial charge on any atom is 0.278 e. The van der Waals surface area contributed by atoms with Gasteiger partial charge in [-0.25, -0.2) is 4.98 Å². The van der Waals surface area contributed by atoms with Crippen molar-refractivity contribution in [1.82, 2.24) is 14.8 Å². The molecular weight excluding hydrogens is 276 g/mol. The number of carbonyl (C=O) groups is 1. The minimum atomic E-state index is -0.331. The van der Waals surface area contributed by atoms with Crippen molar-refractivity contribution in [2.45, 2.75) is 0 Å². The molecule has 1 aromatic carbocycles. The quantitative estimate of drug-likeness (QED) is 0.788. The van der Waals surface area contributed by atoms with Crippen molar-refractivity contribution in [3.8, 4) is 0 Å². The van der Waals surface area contributed by atoms with Crippen LogP contribution in [0, 0.1) is 0 Å². The van der Waals surface area contributed by atoms with Crippen LogP contribution in [0.3, 0.4) is 0 Å². The van der Waals surface area contributed by atoms with Crippen LogP contribution in [0.25, 0.3) is 10.9 Å². The summed E-state index contributed by atoms with van der Waals surface area (Å²) in [4.78, 5) is 16.3. The molecule has 0 radical (unpaired) electrons. The molecule has 0 spiro atoms. The van der Waals surface area contributed by atoms with Crippen molar-refractivity contribution in [1.29, 1.82) is 0 Å². The summed E-state index contributed by atoms with van der Waals surface area (Å²) in [5.74, 6) is -0.00343. The molecule has 0 saturated carbocycles. The molecule has 2 aromatic heterocycles. The second kappa shape index (κ2) is 4.94. The van der Waals surface area contributed by atoms with E-state index >= 15 is 0 Å². The van der Waals surface area contributed by atoms with Gasteiger partial charge in [-0.05, 0) is 18.2 Å². The first kappa shape index (κ1) is 12.6. The molecule has 0 fully saturated rings. The molecule has 0 saturated heterocycles. The molecule has 0 aliphatic heterocycles. The van der Waals surface area contributed by atoms with Gasteiger partial charge in [0, 0.05) is 18.6 Å². The number of fused-ring (bicyclic) bond motifs is 1. The molecule has 6 heteroatoms. The predicted molar refractivity (Wildman–Crippen MR) is 77.9 cm³/mol. The van der Waals surface area contributed by atoms with E-state index < -0.39 is 0 Å². The van der Waals surface area contributed by atoms with Gasteiger partial charge in [0.2, 0.25) is 0 Å². The number of pyridine rings is 1. The van der Waals surface area contributed by atoms with E-state index in [0.29, 0.717) is 16.5 Å². The summed E-state index contributed by atoms with van der Waals surface area (Å²) in [6, 6.07) is 10.9. The van der Waals surface area contributed by atoms with Gasteiger partial charge in [0.25, 0.3) is 5.91 Å². The minimum Gasteiger partial charge on any atom is -0.304 e. The largest absolute Gasteiger partial charge is 0.304 e. The van der Waals surface area contributed by atoms with Crippen molar-refractivity contribution in [2.24, 2.45) is 7.05 Å². The number of anilines is 1. The van der Waals surface area contributed by atoms with E-state index in [1.54, 1.807) is 30.1 Å². The molecule has 0 bridgehead atoms. The fraction of sp³-hybridized carbons (Fsp3) is 0.0714. The summed E-state index contributed by atoms with van der Waals surface area (Å²) in [6.45, 7) is 0. The molecule has 0 unspecified atom stereocenters. The second-order valence-corrected chi connectivity index (χ2v) is 4.68. The third kappa shape index (κ3) is 2.12. The first-order valence-electron chi connectivity index (χ1n) is 6.00. The Hall–Kier alpha value is -2.40. The zero-order valence-corrected chi connectivity index (χ0v) is 11.4. The zero-order chi connectivity index (χ0) is 14.1. The lowest BCUT2D eigenvalue weighted by Gasteiger charge is -2.03. The summed E-state index contributed by atoms with van der Waals surface area (Å²) in [5.41, 5.74) is 1.24. The molecule has 2 heterocycles. The van der Waals surface area contributed by atoms with Gasteiger partial charge in [-0.2, -0.15) is 5.10 Å². The van der Waals surface area contributed by atoms with Crippen molar-refractivity contribution < 1.29 is 4.79 Å². The van der Waals surface area contributed by atoms with E-state index in [1.165, 1.54) is 0 Å². The van der Waals surface area contributed by atoms with Gasteiger partial charge in [0.05, 0.1) is 10.5 Å². The number of aromatic nitrogens is 3. The Balaban J connectivity index is 2.00. The van der Waals surface area contributed by atoms with E-state index in [4.69, 9.17) is 11.6 Å². The molecule has 5 nitrogen and oxygen atoms in total. The van der Waals surface area contributed by atoms with Gasteiger partial charge >= 0.3 is 0 Å². The highest BCUT2D eigenvalue weighted by molar-refractivity contribution is 6.33. The zero-order valence-electron chi connectivity index (χ0n) is 10.7. The molecule has 20 heavy (non-hydrogen) atoms. The van der Waals surface area contributed by atoms with Crippen LogP contribution in [0.4, 0.5) is 5.82 Å². The summed E-state index contributed by atoms with van der Waals surface area (Å²) in [5, 5.41) is 8.10.